The van der Waals surface area contributed by atoms with Gasteiger partial charge in [-0.1, -0.05) is 72.3 Å². The summed E-state index contributed by atoms with van der Waals surface area (Å²) >= 11 is 0. The Morgan fingerprint density at radius 3 is 2.48 bits per heavy atom. The zero-order valence-corrected chi connectivity index (χ0v) is 15.0. The highest BCUT2D eigenvalue weighted by Gasteiger charge is 2.15. The first-order chi connectivity index (χ1) is 13.3. The van der Waals surface area contributed by atoms with Gasteiger partial charge in [-0.2, -0.15) is 0 Å². The normalized spacial score (nSPS) is 11.3. The van der Waals surface area contributed by atoms with Crippen LogP contribution in [0.25, 0.3) is 33.5 Å². The summed E-state index contributed by atoms with van der Waals surface area (Å²) in [5.41, 5.74) is 5.02. The van der Waals surface area contributed by atoms with E-state index in [1.54, 1.807) is 12.4 Å². The second kappa shape index (κ2) is 6.32. The van der Waals surface area contributed by atoms with Gasteiger partial charge < -0.3 is 4.57 Å². The molecule has 0 saturated carbocycles. The van der Waals surface area contributed by atoms with Gasteiger partial charge in [0.1, 0.15) is 5.82 Å². The molecule has 0 amide bonds. The summed E-state index contributed by atoms with van der Waals surface area (Å²) in [6.07, 6.45) is 3.42. The summed E-state index contributed by atoms with van der Waals surface area (Å²) in [7, 11) is 0. The summed E-state index contributed by atoms with van der Waals surface area (Å²) in [5.74, 6) is 0.893. The number of aromatic nitrogens is 4. The van der Waals surface area contributed by atoms with Crippen LogP contribution in [0, 0.1) is 6.92 Å². The number of nitrogens with zero attached hydrogens (tertiary/aromatic N) is 4. The standard InChI is InChI=1S/C23H18N4/c1-16-9-11-18(12-10-16)22-26-21-23(25-14-13-24-21)27(22)15-19-7-4-6-17-5-2-3-8-20(17)19/h2-14H,15H2,1H3. The summed E-state index contributed by atoms with van der Waals surface area (Å²) in [5, 5.41) is 2.49. The Bertz CT molecular complexity index is 1250. The van der Waals surface area contributed by atoms with Gasteiger partial charge in [-0.25, -0.2) is 15.0 Å². The lowest BCUT2D eigenvalue weighted by Gasteiger charge is -2.11. The smallest absolute Gasteiger partial charge is 0.198 e. The molecule has 4 nitrogen and oxygen atoms in total. The molecule has 0 aliphatic carbocycles. The van der Waals surface area contributed by atoms with Crippen LogP contribution in [0.3, 0.4) is 0 Å². The predicted octanol–water partition coefficient (Wildman–Crippen LogP) is 5.00. The Morgan fingerprint density at radius 1 is 0.815 bits per heavy atom. The highest BCUT2D eigenvalue weighted by Crippen LogP contribution is 2.26. The number of aryl methyl sites for hydroxylation is 1. The highest BCUT2D eigenvalue weighted by atomic mass is 15.2. The second-order valence-corrected chi connectivity index (χ2v) is 6.73. The van der Waals surface area contributed by atoms with Crippen molar-refractivity contribution in [3.63, 3.8) is 0 Å². The quantitative estimate of drug-likeness (QED) is 0.460. The molecule has 0 aliphatic heterocycles. The van der Waals surface area contributed by atoms with Crippen LogP contribution in [0.15, 0.2) is 79.1 Å². The van der Waals surface area contributed by atoms with E-state index in [2.05, 4.69) is 88.2 Å². The van der Waals surface area contributed by atoms with Crippen molar-refractivity contribution in [2.75, 3.05) is 0 Å². The molecule has 0 atom stereocenters. The van der Waals surface area contributed by atoms with E-state index in [0.717, 1.165) is 17.0 Å². The average molecular weight is 350 g/mol. The minimum Gasteiger partial charge on any atom is -0.303 e. The van der Waals surface area contributed by atoms with Crippen LogP contribution in [0.5, 0.6) is 0 Å². The fraction of sp³-hybridized carbons (Fsp3) is 0.0870. The Labute approximate surface area is 157 Å². The molecular formula is C23H18N4. The molecule has 0 radical (unpaired) electrons. The Morgan fingerprint density at radius 2 is 1.59 bits per heavy atom. The minimum absolute atomic E-state index is 0.674. The molecule has 0 saturated heterocycles. The number of fused-ring (bicyclic) bond motifs is 2. The number of benzene rings is 3. The van der Waals surface area contributed by atoms with E-state index in [4.69, 9.17) is 4.98 Å². The Balaban J connectivity index is 1.72. The number of hydrogen-bond donors (Lipinski definition) is 0. The van der Waals surface area contributed by atoms with E-state index in [-0.39, 0.29) is 0 Å². The van der Waals surface area contributed by atoms with Gasteiger partial charge >= 0.3 is 0 Å². The summed E-state index contributed by atoms with van der Waals surface area (Å²) < 4.78 is 2.16. The summed E-state index contributed by atoms with van der Waals surface area (Å²) in [6, 6.07) is 23.3. The van der Waals surface area contributed by atoms with E-state index < -0.39 is 0 Å². The molecular weight excluding hydrogens is 332 g/mol. The first-order valence-corrected chi connectivity index (χ1v) is 9.00. The molecule has 2 heterocycles. The van der Waals surface area contributed by atoms with Crippen LogP contribution < -0.4 is 0 Å². The fourth-order valence-electron chi connectivity index (χ4n) is 3.53. The third kappa shape index (κ3) is 2.75. The van der Waals surface area contributed by atoms with Crippen LogP contribution in [0.1, 0.15) is 11.1 Å². The maximum atomic E-state index is 4.78. The minimum atomic E-state index is 0.674. The maximum absolute atomic E-state index is 4.78. The number of rotatable bonds is 3. The van der Waals surface area contributed by atoms with E-state index >= 15 is 0 Å². The molecule has 27 heavy (non-hydrogen) atoms. The van der Waals surface area contributed by atoms with Crippen LogP contribution in [0.2, 0.25) is 0 Å². The number of imidazole rings is 1. The fourth-order valence-corrected chi connectivity index (χ4v) is 3.53. The van der Waals surface area contributed by atoms with Crippen molar-refractivity contribution in [3.05, 3.63) is 90.3 Å². The summed E-state index contributed by atoms with van der Waals surface area (Å²) in [4.78, 5) is 13.8. The maximum Gasteiger partial charge on any atom is 0.198 e. The van der Waals surface area contributed by atoms with Crippen LogP contribution in [0.4, 0.5) is 0 Å². The van der Waals surface area contributed by atoms with Crippen LogP contribution >= 0.6 is 0 Å². The van der Waals surface area contributed by atoms with Crippen molar-refractivity contribution in [2.24, 2.45) is 0 Å². The lowest BCUT2D eigenvalue weighted by Crippen LogP contribution is -2.04. The van der Waals surface area contributed by atoms with E-state index in [1.165, 1.54) is 21.9 Å². The molecule has 5 rings (SSSR count). The molecule has 4 heteroatoms. The van der Waals surface area contributed by atoms with Gasteiger partial charge in [-0.3, -0.25) is 0 Å². The van der Waals surface area contributed by atoms with Crippen LogP contribution in [-0.4, -0.2) is 19.5 Å². The van der Waals surface area contributed by atoms with Gasteiger partial charge in [0.25, 0.3) is 0 Å². The first kappa shape index (κ1) is 15.7. The number of hydrogen-bond acceptors (Lipinski definition) is 3. The molecule has 0 aliphatic rings. The van der Waals surface area contributed by atoms with E-state index in [0.29, 0.717) is 12.2 Å². The van der Waals surface area contributed by atoms with Crippen molar-refractivity contribution in [1.82, 2.24) is 19.5 Å². The molecule has 130 valence electrons. The highest BCUT2D eigenvalue weighted by molar-refractivity contribution is 5.86. The average Bonchev–Trinajstić information content (AvgIpc) is 3.07. The van der Waals surface area contributed by atoms with E-state index in [9.17, 15) is 0 Å². The topological polar surface area (TPSA) is 43.6 Å². The van der Waals surface area contributed by atoms with Crippen molar-refractivity contribution in [3.8, 4) is 11.4 Å². The van der Waals surface area contributed by atoms with Crippen molar-refractivity contribution < 1.29 is 0 Å². The van der Waals surface area contributed by atoms with Gasteiger partial charge in [0, 0.05) is 18.0 Å². The van der Waals surface area contributed by atoms with E-state index in [1.807, 2.05) is 0 Å². The Hall–Kier alpha value is -3.53. The lowest BCUT2D eigenvalue weighted by molar-refractivity contribution is 0.829. The Kier molecular flexibility index (Phi) is 3.68. The third-order valence-corrected chi connectivity index (χ3v) is 4.90. The molecule has 0 fully saturated rings. The van der Waals surface area contributed by atoms with Gasteiger partial charge in [-0.05, 0) is 23.3 Å². The molecule has 0 spiro atoms. The van der Waals surface area contributed by atoms with Gasteiger partial charge in [-0.15, -0.1) is 0 Å². The monoisotopic (exact) mass is 350 g/mol. The third-order valence-electron chi connectivity index (χ3n) is 4.90. The zero-order valence-electron chi connectivity index (χ0n) is 15.0. The van der Waals surface area contributed by atoms with Crippen molar-refractivity contribution in [2.45, 2.75) is 13.5 Å². The molecule has 0 N–H and O–H groups in total. The lowest BCUT2D eigenvalue weighted by atomic mass is 10.0. The molecule has 0 bridgehead atoms. The SMILES string of the molecule is Cc1ccc(-c2nc3nccnc3n2Cc2cccc3ccccc23)cc1. The molecule has 2 aromatic heterocycles. The van der Waals surface area contributed by atoms with Gasteiger partial charge in [0.2, 0.25) is 0 Å². The first-order valence-electron chi connectivity index (χ1n) is 9.00. The molecule has 5 aromatic rings. The molecule has 3 aromatic carbocycles. The second-order valence-electron chi connectivity index (χ2n) is 6.73. The van der Waals surface area contributed by atoms with Gasteiger partial charge in [0.05, 0.1) is 6.54 Å². The largest absolute Gasteiger partial charge is 0.303 e. The van der Waals surface area contributed by atoms with Crippen molar-refractivity contribution in [1.29, 1.82) is 0 Å². The zero-order chi connectivity index (χ0) is 18.2. The molecule has 0 unspecified atom stereocenters. The van der Waals surface area contributed by atoms with Crippen LogP contribution in [-0.2, 0) is 6.54 Å². The van der Waals surface area contributed by atoms with Crippen molar-refractivity contribution >= 4 is 22.1 Å². The van der Waals surface area contributed by atoms with Gasteiger partial charge in [0.15, 0.2) is 11.3 Å². The summed E-state index contributed by atoms with van der Waals surface area (Å²) in [6.45, 7) is 2.78. The predicted molar refractivity (Wildman–Crippen MR) is 109 cm³/mol.